The van der Waals surface area contributed by atoms with Gasteiger partial charge in [-0.15, -0.1) is 0 Å². The topological polar surface area (TPSA) is 66.4 Å². The second kappa shape index (κ2) is 8.56. The Labute approximate surface area is 165 Å². The molecule has 0 radical (unpaired) electrons. The van der Waals surface area contributed by atoms with E-state index in [2.05, 4.69) is 42.2 Å². The van der Waals surface area contributed by atoms with Gasteiger partial charge in [-0.3, -0.25) is 4.98 Å². The van der Waals surface area contributed by atoms with Crippen LogP contribution in [0, 0.1) is 0 Å². The summed E-state index contributed by atoms with van der Waals surface area (Å²) in [4.78, 5) is 18.1. The lowest BCUT2D eigenvalue weighted by atomic mass is 10.2. The zero-order valence-electron chi connectivity index (χ0n) is 16.0. The van der Waals surface area contributed by atoms with Crippen molar-refractivity contribution in [1.82, 2.24) is 15.0 Å². The van der Waals surface area contributed by atoms with E-state index in [1.807, 2.05) is 36.4 Å². The summed E-state index contributed by atoms with van der Waals surface area (Å²) in [6.07, 6.45) is 3.60. The SMILES string of the molecule is COc1ccc(N2CCN(c3nccc(NCc4ccccn4)n3)CC2)cc1. The minimum Gasteiger partial charge on any atom is -0.497 e. The van der Waals surface area contributed by atoms with Crippen LogP contribution in [0.5, 0.6) is 5.75 Å². The number of ether oxygens (including phenoxy) is 1. The molecule has 0 aliphatic carbocycles. The van der Waals surface area contributed by atoms with Crippen molar-refractivity contribution in [2.24, 2.45) is 0 Å². The lowest BCUT2D eigenvalue weighted by molar-refractivity contribution is 0.415. The third-order valence-electron chi connectivity index (χ3n) is 4.82. The van der Waals surface area contributed by atoms with Crippen LogP contribution in [-0.2, 0) is 6.54 Å². The van der Waals surface area contributed by atoms with Gasteiger partial charge < -0.3 is 19.9 Å². The van der Waals surface area contributed by atoms with Crippen LogP contribution >= 0.6 is 0 Å². The Morgan fingerprint density at radius 2 is 1.68 bits per heavy atom. The van der Waals surface area contributed by atoms with E-state index in [1.54, 1.807) is 19.5 Å². The number of anilines is 3. The van der Waals surface area contributed by atoms with Gasteiger partial charge in [-0.2, -0.15) is 4.98 Å². The van der Waals surface area contributed by atoms with E-state index in [0.29, 0.717) is 6.54 Å². The Balaban J connectivity index is 1.35. The minimum atomic E-state index is 0.641. The third-order valence-corrected chi connectivity index (χ3v) is 4.82. The fraction of sp³-hybridized carbons (Fsp3) is 0.286. The Bertz CT molecular complexity index is 879. The number of aromatic nitrogens is 3. The molecular weight excluding hydrogens is 352 g/mol. The van der Waals surface area contributed by atoms with E-state index in [1.165, 1.54) is 5.69 Å². The molecule has 0 atom stereocenters. The molecule has 28 heavy (non-hydrogen) atoms. The smallest absolute Gasteiger partial charge is 0.227 e. The molecule has 1 aliphatic heterocycles. The van der Waals surface area contributed by atoms with Gasteiger partial charge in [0.25, 0.3) is 0 Å². The van der Waals surface area contributed by atoms with Gasteiger partial charge in [0.1, 0.15) is 11.6 Å². The normalized spacial score (nSPS) is 14.0. The molecule has 1 aliphatic rings. The Kier molecular flexibility index (Phi) is 5.51. The molecule has 1 aromatic carbocycles. The first-order valence-electron chi connectivity index (χ1n) is 9.42. The highest BCUT2D eigenvalue weighted by Gasteiger charge is 2.19. The van der Waals surface area contributed by atoms with E-state index in [9.17, 15) is 0 Å². The lowest BCUT2D eigenvalue weighted by Crippen LogP contribution is -2.47. The van der Waals surface area contributed by atoms with Gasteiger partial charge in [-0.05, 0) is 42.5 Å². The fourth-order valence-electron chi connectivity index (χ4n) is 3.24. The van der Waals surface area contributed by atoms with Crippen LogP contribution < -0.4 is 19.9 Å². The molecule has 0 spiro atoms. The van der Waals surface area contributed by atoms with Crippen LogP contribution in [0.4, 0.5) is 17.5 Å². The predicted octanol–water partition coefficient (Wildman–Crippen LogP) is 2.82. The van der Waals surface area contributed by atoms with Crippen LogP contribution in [0.15, 0.2) is 60.9 Å². The molecule has 3 aromatic rings. The highest BCUT2D eigenvalue weighted by Crippen LogP contribution is 2.22. The van der Waals surface area contributed by atoms with E-state index in [-0.39, 0.29) is 0 Å². The Morgan fingerprint density at radius 1 is 0.893 bits per heavy atom. The molecule has 3 heterocycles. The summed E-state index contributed by atoms with van der Waals surface area (Å²) < 4.78 is 5.24. The van der Waals surface area contributed by atoms with Gasteiger partial charge in [-0.1, -0.05) is 6.07 Å². The number of piperazine rings is 1. The van der Waals surface area contributed by atoms with Crippen LogP contribution in [-0.4, -0.2) is 48.2 Å². The van der Waals surface area contributed by atoms with E-state index in [0.717, 1.165) is 49.4 Å². The second-order valence-electron chi connectivity index (χ2n) is 6.59. The summed E-state index contributed by atoms with van der Waals surface area (Å²) in [6.45, 7) is 4.27. The van der Waals surface area contributed by atoms with E-state index >= 15 is 0 Å². The molecule has 144 valence electrons. The van der Waals surface area contributed by atoms with Crippen LogP contribution in [0.1, 0.15) is 5.69 Å². The summed E-state index contributed by atoms with van der Waals surface area (Å²) in [5.74, 6) is 2.46. The molecule has 7 heteroatoms. The average Bonchev–Trinajstić information content (AvgIpc) is 2.79. The molecule has 0 unspecified atom stereocenters. The number of benzene rings is 1. The highest BCUT2D eigenvalue weighted by atomic mass is 16.5. The van der Waals surface area contributed by atoms with Crippen LogP contribution in [0.25, 0.3) is 0 Å². The number of hydrogen-bond acceptors (Lipinski definition) is 7. The van der Waals surface area contributed by atoms with Crippen molar-refractivity contribution in [2.45, 2.75) is 6.54 Å². The van der Waals surface area contributed by atoms with Crippen molar-refractivity contribution in [1.29, 1.82) is 0 Å². The maximum Gasteiger partial charge on any atom is 0.227 e. The fourth-order valence-corrected chi connectivity index (χ4v) is 3.24. The summed E-state index contributed by atoms with van der Waals surface area (Å²) in [5.41, 5.74) is 2.20. The van der Waals surface area contributed by atoms with Crippen LogP contribution in [0.3, 0.4) is 0 Å². The minimum absolute atomic E-state index is 0.641. The number of nitrogens with zero attached hydrogens (tertiary/aromatic N) is 5. The van der Waals surface area contributed by atoms with Gasteiger partial charge in [0.2, 0.25) is 5.95 Å². The van der Waals surface area contributed by atoms with Crippen molar-refractivity contribution in [3.8, 4) is 5.75 Å². The van der Waals surface area contributed by atoms with Gasteiger partial charge in [-0.25, -0.2) is 4.98 Å². The predicted molar refractivity (Wildman–Crippen MR) is 111 cm³/mol. The number of pyridine rings is 1. The molecule has 0 amide bonds. The third kappa shape index (κ3) is 4.31. The molecular formula is C21H24N6O. The van der Waals surface area contributed by atoms with Crippen LogP contribution in [0.2, 0.25) is 0 Å². The summed E-state index contributed by atoms with van der Waals surface area (Å²) >= 11 is 0. The molecule has 4 rings (SSSR count). The molecule has 1 fully saturated rings. The van der Waals surface area contributed by atoms with Gasteiger partial charge in [0, 0.05) is 44.3 Å². The zero-order valence-corrected chi connectivity index (χ0v) is 16.0. The number of nitrogens with one attached hydrogen (secondary N) is 1. The lowest BCUT2D eigenvalue weighted by Gasteiger charge is -2.36. The van der Waals surface area contributed by atoms with E-state index in [4.69, 9.17) is 4.74 Å². The van der Waals surface area contributed by atoms with Crippen molar-refractivity contribution >= 4 is 17.5 Å². The summed E-state index contributed by atoms with van der Waals surface area (Å²) in [5, 5.41) is 3.32. The average molecular weight is 376 g/mol. The molecule has 0 saturated carbocycles. The van der Waals surface area contributed by atoms with Crippen molar-refractivity contribution in [3.05, 3.63) is 66.6 Å². The molecule has 1 saturated heterocycles. The number of hydrogen-bond donors (Lipinski definition) is 1. The van der Waals surface area contributed by atoms with Gasteiger partial charge >= 0.3 is 0 Å². The quantitative estimate of drug-likeness (QED) is 0.709. The Hall–Kier alpha value is -3.35. The molecule has 1 N–H and O–H groups in total. The van der Waals surface area contributed by atoms with E-state index < -0.39 is 0 Å². The maximum atomic E-state index is 5.24. The second-order valence-corrected chi connectivity index (χ2v) is 6.59. The summed E-state index contributed by atoms with van der Waals surface area (Å²) in [7, 11) is 1.69. The highest BCUT2D eigenvalue weighted by molar-refractivity contribution is 5.51. The molecule has 2 aromatic heterocycles. The van der Waals surface area contributed by atoms with Gasteiger partial charge in [0.15, 0.2) is 0 Å². The van der Waals surface area contributed by atoms with Gasteiger partial charge in [0.05, 0.1) is 19.3 Å². The monoisotopic (exact) mass is 376 g/mol. The first-order valence-corrected chi connectivity index (χ1v) is 9.42. The van der Waals surface area contributed by atoms with Crippen molar-refractivity contribution in [3.63, 3.8) is 0 Å². The molecule has 7 nitrogen and oxygen atoms in total. The largest absolute Gasteiger partial charge is 0.497 e. The number of methoxy groups -OCH3 is 1. The summed E-state index contributed by atoms with van der Waals surface area (Å²) in [6, 6.07) is 16.0. The van der Waals surface area contributed by atoms with Crippen molar-refractivity contribution in [2.75, 3.05) is 48.4 Å². The Morgan fingerprint density at radius 3 is 2.39 bits per heavy atom. The zero-order chi connectivity index (χ0) is 19.2. The first-order chi connectivity index (χ1) is 13.8. The first kappa shape index (κ1) is 18.0. The van der Waals surface area contributed by atoms with Crippen molar-refractivity contribution < 1.29 is 4.74 Å². The standard InChI is InChI=1S/C21H24N6O/c1-28-19-7-5-18(6-8-19)26-12-14-27(15-13-26)21-23-11-9-20(25-21)24-16-17-4-2-3-10-22-17/h2-11H,12-16H2,1H3,(H,23,24,25). The maximum absolute atomic E-state index is 5.24. The number of rotatable bonds is 6. The molecule has 0 bridgehead atoms.